The zero-order valence-corrected chi connectivity index (χ0v) is 10.9. The Balaban J connectivity index is 4.10. The van der Waals surface area contributed by atoms with Gasteiger partial charge in [-0.05, 0) is 13.8 Å². The Morgan fingerprint density at radius 2 is 1.53 bits per heavy atom. The van der Waals surface area contributed by atoms with E-state index in [4.69, 9.17) is 9.57 Å². The summed E-state index contributed by atoms with van der Waals surface area (Å²) in [4.78, 5) is 27.5. The molecule has 0 aliphatic carbocycles. The zero-order chi connectivity index (χ0) is 13.6. The van der Waals surface area contributed by atoms with Gasteiger partial charge < -0.3 is 4.74 Å². The van der Waals surface area contributed by atoms with Crippen molar-refractivity contribution in [2.45, 2.75) is 13.8 Å². The lowest BCUT2D eigenvalue weighted by molar-refractivity contribution is -1.06. The highest BCUT2D eigenvalue weighted by molar-refractivity contribution is 5.87. The third kappa shape index (κ3) is 6.52. The number of carbonyl (C=O) groups excluding carboxylic acids is 2. The van der Waals surface area contributed by atoms with E-state index in [9.17, 15) is 9.59 Å². The van der Waals surface area contributed by atoms with Crippen LogP contribution in [0.4, 0.5) is 0 Å². The highest BCUT2D eigenvalue weighted by Gasteiger charge is 2.23. The molecule has 0 amide bonds. The van der Waals surface area contributed by atoms with E-state index in [2.05, 4.69) is 13.2 Å². The van der Waals surface area contributed by atoms with Crippen LogP contribution in [0.25, 0.3) is 0 Å². The Labute approximate surface area is 102 Å². The summed E-state index contributed by atoms with van der Waals surface area (Å²) in [5.74, 6) is -0.919. The quantitative estimate of drug-likeness (QED) is 0.304. The first-order valence-corrected chi connectivity index (χ1v) is 5.21. The van der Waals surface area contributed by atoms with Gasteiger partial charge in [0.1, 0.15) is 20.7 Å². The molecule has 0 saturated heterocycles. The Hall–Kier alpha value is -1.62. The molecule has 0 bridgehead atoms. The molecule has 5 nitrogen and oxygen atoms in total. The SMILES string of the molecule is C=C(C)C(=O)OCC[N+](C)(C)OC(=O)C(=C)C. The maximum Gasteiger partial charge on any atom is 0.392 e. The van der Waals surface area contributed by atoms with Crippen LogP contribution < -0.4 is 0 Å². The van der Waals surface area contributed by atoms with E-state index in [1.54, 1.807) is 27.9 Å². The molecule has 0 spiro atoms. The first-order chi connectivity index (χ1) is 7.65. The van der Waals surface area contributed by atoms with Gasteiger partial charge in [-0.3, -0.25) is 4.84 Å². The van der Waals surface area contributed by atoms with Crippen molar-refractivity contribution in [1.29, 1.82) is 0 Å². The second kappa shape index (κ2) is 6.20. The molecule has 0 unspecified atom stereocenters. The molecule has 0 rings (SSSR count). The van der Waals surface area contributed by atoms with Crippen LogP contribution in [0.5, 0.6) is 0 Å². The van der Waals surface area contributed by atoms with Crippen molar-refractivity contribution in [2.24, 2.45) is 0 Å². The average molecular weight is 242 g/mol. The Bertz CT molecular complexity index is 344. The molecule has 96 valence electrons. The zero-order valence-electron chi connectivity index (χ0n) is 10.9. The van der Waals surface area contributed by atoms with Crippen molar-refractivity contribution < 1.29 is 23.8 Å². The molecule has 0 aromatic heterocycles. The summed E-state index contributed by atoms with van der Waals surface area (Å²) in [7, 11) is 3.38. The normalized spacial score (nSPS) is 10.6. The summed E-state index contributed by atoms with van der Waals surface area (Å²) in [5.41, 5.74) is 0.671. The fraction of sp³-hybridized carbons (Fsp3) is 0.500. The highest BCUT2D eigenvalue weighted by atomic mass is 16.7. The van der Waals surface area contributed by atoms with E-state index in [1.165, 1.54) is 0 Å². The largest absolute Gasteiger partial charge is 0.456 e. The number of esters is 1. The number of hydroxylamine groups is 3. The summed E-state index contributed by atoms with van der Waals surface area (Å²) in [6.45, 7) is 10.6. The lowest BCUT2D eigenvalue weighted by atomic mass is 10.4. The van der Waals surface area contributed by atoms with Crippen LogP contribution in [0.3, 0.4) is 0 Å². The third-order valence-corrected chi connectivity index (χ3v) is 1.89. The summed E-state index contributed by atoms with van der Waals surface area (Å²) in [6, 6.07) is 0. The molecule has 0 aromatic rings. The first kappa shape index (κ1) is 15.4. The van der Waals surface area contributed by atoms with Gasteiger partial charge in [0.15, 0.2) is 6.54 Å². The molecular formula is C12H20NO4+. The molecule has 0 aliphatic heterocycles. The Morgan fingerprint density at radius 3 is 1.94 bits per heavy atom. The van der Waals surface area contributed by atoms with Gasteiger partial charge in [0.25, 0.3) is 0 Å². The van der Waals surface area contributed by atoms with Crippen LogP contribution in [0.1, 0.15) is 13.8 Å². The summed E-state index contributed by atoms with van der Waals surface area (Å²) in [6.07, 6.45) is 0. The van der Waals surface area contributed by atoms with Crippen LogP contribution in [-0.4, -0.2) is 43.8 Å². The van der Waals surface area contributed by atoms with E-state index < -0.39 is 11.9 Å². The molecule has 17 heavy (non-hydrogen) atoms. The van der Waals surface area contributed by atoms with Gasteiger partial charge in [-0.2, -0.15) is 0 Å². The van der Waals surface area contributed by atoms with Crippen molar-refractivity contribution in [3.63, 3.8) is 0 Å². The van der Waals surface area contributed by atoms with E-state index in [0.717, 1.165) is 0 Å². The summed E-state index contributed by atoms with van der Waals surface area (Å²) >= 11 is 0. The molecule has 0 aliphatic rings. The van der Waals surface area contributed by atoms with Crippen LogP contribution in [0.15, 0.2) is 24.3 Å². The first-order valence-electron chi connectivity index (χ1n) is 5.21. The van der Waals surface area contributed by atoms with Crippen molar-refractivity contribution in [2.75, 3.05) is 27.2 Å². The molecule has 5 heteroatoms. The lowest BCUT2D eigenvalue weighted by Gasteiger charge is -2.25. The van der Waals surface area contributed by atoms with Crippen molar-refractivity contribution in [1.82, 2.24) is 0 Å². The van der Waals surface area contributed by atoms with Gasteiger partial charge in [0.2, 0.25) is 0 Å². The third-order valence-electron chi connectivity index (χ3n) is 1.89. The van der Waals surface area contributed by atoms with Crippen molar-refractivity contribution in [3.05, 3.63) is 24.3 Å². The molecule has 0 saturated carbocycles. The van der Waals surface area contributed by atoms with Gasteiger partial charge in [0, 0.05) is 11.1 Å². The lowest BCUT2D eigenvalue weighted by Crippen LogP contribution is -2.44. The van der Waals surface area contributed by atoms with Gasteiger partial charge in [-0.1, -0.05) is 13.2 Å². The Kier molecular flexibility index (Phi) is 5.61. The molecular weight excluding hydrogens is 222 g/mol. The molecule has 0 radical (unpaired) electrons. The van der Waals surface area contributed by atoms with Crippen LogP contribution in [0.2, 0.25) is 0 Å². The second-order valence-electron chi connectivity index (χ2n) is 4.37. The number of hydrogen-bond acceptors (Lipinski definition) is 4. The fourth-order valence-electron chi connectivity index (χ4n) is 0.829. The predicted molar refractivity (Wildman–Crippen MR) is 63.7 cm³/mol. The minimum atomic E-state index is -0.471. The number of hydrogen-bond donors (Lipinski definition) is 0. The molecule has 0 fully saturated rings. The highest BCUT2D eigenvalue weighted by Crippen LogP contribution is 2.04. The number of carbonyl (C=O) groups is 2. The maximum absolute atomic E-state index is 11.3. The molecule has 0 atom stereocenters. The minimum Gasteiger partial charge on any atom is -0.456 e. The summed E-state index contributed by atoms with van der Waals surface area (Å²) < 4.78 is 4.88. The maximum atomic E-state index is 11.3. The smallest absolute Gasteiger partial charge is 0.392 e. The van der Waals surface area contributed by atoms with Crippen molar-refractivity contribution in [3.8, 4) is 0 Å². The second-order valence-corrected chi connectivity index (χ2v) is 4.37. The van der Waals surface area contributed by atoms with E-state index in [1.807, 2.05) is 0 Å². The van der Waals surface area contributed by atoms with Gasteiger partial charge >= 0.3 is 11.9 Å². The molecule has 0 aromatic carbocycles. The molecule has 0 heterocycles. The number of nitrogens with zero attached hydrogens (tertiary/aromatic N) is 1. The van der Waals surface area contributed by atoms with Crippen LogP contribution in [-0.2, 0) is 19.2 Å². The number of ether oxygens (including phenoxy) is 1. The van der Waals surface area contributed by atoms with E-state index in [0.29, 0.717) is 17.7 Å². The van der Waals surface area contributed by atoms with Crippen LogP contribution in [0, 0.1) is 0 Å². The van der Waals surface area contributed by atoms with E-state index >= 15 is 0 Å². The number of likely N-dealkylation sites (N-methyl/N-ethyl adjacent to an activating group) is 1. The topological polar surface area (TPSA) is 52.6 Å². The minimum absolute atomic E-state index is 0.0326. The molecule has 0 N–H and O–H groups in total. The number of rotatable bonds is 6. The number of quaternary nitrogens is 1. The van der Waals surface area contributed by atoms with Crippen molar-refractivity contribution >= 4 is 11.9 Å². The standard InChI is InChI=1S/C12H20NO4/c1-9(2)11(14)16-8-7-13(5,6)17-12(15)10(3)4/h1,3,7-8H2,2,4-6H3/q+1. The van der Waals surface area contributed by atoms with Crippen LogP contribution >= 0.6 is 0 Å². The fourth-order valence-corrected chi connectivity index (χ4v) is 0.829. The Morgan fingerprint density at radius 1 is 1.06 bits per heavy atom. The predicted octanol–water partition coefficient (Wildman–Crippen LogP) is 1.22. The summed E-state index contributed by atoms with van der Waals surface area (Å²) in [5, 5.41) is 0. The van der Waals surface area contributed by atoms with Gasteiger partial charge in [-0.25, -0.2) is 9.59 Å². The van der Waals surface area contributed by atoms with Gasteiger partial charge in [-0.15, -0.1) is 4.65 Å². The average Bonchev–Trinajstić information content (AvgIpc) is 2.15. The van der Waals surface area contributed by atoms with Gasteiger partial charge in [0.05, 0.1) is 0 Å². The monoisotopic (exact) mass is 242 g/mol. The van der Waals surface area contributed by atoms with E-state index in [-0.39, 0.29) is 11.3 Å².